The van der Waals surface area contributed by atoms with Crippen LogP contribution in [0.3, 0.4) is 0 Å². The van der Waals surface area contributed by atoms with Crippen LogP contribution in [0.4, 0.5) is 4.79 Å². The number of halogens is 1. The number of amides is 2. The Morgan fingerprint density at radius 3 is 2.76 bits per heavy atom. The van der Waals surface area contributed by atoms with Crippen molar-refractivity contribution in [2.45, 2.75) is 19.4 Å². The second-order valence-electron chi connectivity index (χ2n) is 7.07. The lowest BCUT2D eigenvalue weighted by Crippen LogP contribution is -2.47. The number of furan rings is 1. The molecule has 4 rings (SSSR count). The highest BCUT2D eigenvalue weighted by Crippen LogP contribution is 2.38. The molecule has 11 heteroatoms. The molecule has 0 saturated carbocycles. The Labute approximate surface area is 193 Å². The number of benzene rings is 1. The maximum atomic E-state index is 12.7. The van der Waals surface area contributed by atoms with Crippen LogP contribution in [0.1, 0.15) is 35.5 Å². The molecule has 3 heterocycles. The molecule has 174 valence electrons. The monoisotopic (exact) mass is 476 g/mol. The number of nitrogens with one attached hydrogen (secondary N) is 2. The van der Waals surface area contributed by atoms with E-state index in [2.05, 4.69) is 10.6 Å². The van der Waals surface area contributed by atoms with Crippen molar-refractivity contribution >= 4 is 29.6 Å². The van der Waals surface area contributed by atoms with E-state index in [1.165, 1.54) is 18.4 Å². The van der Waals surface area contributed by atoms with Crippen molar-refractivity contribution in [3.8, 4) is 11.5 Å². The number of fused-ring (bicyclic) bond motifs is 1. The van der Waals surface area contributed by atoms with Crippen LogP contribution in [-0.2, 0) is 14.3 Å². The zero-order chi connectivity index (χ0) is 23.4. The Kier molecular flexibility index (Phi) is 6.74. The summed E-state index contributed by atoms with van der Waals surface area (Å²) in [5.74, 6) is -0.385. The van der Waals surface area contributed by atoms with E-state index in [0.717, 1.165) is 0 Å². The van der Waals surface area contributed by atoms with Crippen LogP contribution >= 0.6 is 11.6 Å². The zero-order valence-corrected chi connectivity index (χ0v) is 18.4. The van der Waals surface area contributed by atoms with Gasteiger partial charge in [-0.25, -0.2) is 14.4 Å². The molecule has 2 aromatic rings. The van der Waals surface area contributed by atoms with E-state index >= 15 is 0 Å². The van der Waals surface area contributed by atoms with Gasteiger partial charge < -0.3 is 34.0 Å². The Morgan fingerprint density at radius 1 is 1.18 bits per heavy atom. The highest BCUT2D eigenvalue weighted by molar-refractivity contribution is 6.32. The summed E-state index contributed by atoms with van der Waals surface area (Å²) in [7, 11) is 0. The molecule has 0 aliphatic carbocycles. The number of hydrogen-bond donors (Lipinski definition) is 2. The molecule has 10 nitrogen and oxygen atoms in total. The summed E-state index contributed by atoms with van der Waals surface area (Å²) in [6, 6.07) is 4.62. The van der Waals surface area contributed by atoms with E-state index < -0.39 is 30.6 Å². The lowest BCUT2D eigenvalue weighted by molar-refractivity contribution is -0.139. The van der Waals surface area contributed by atoms with Crippen molar-refractivity contribution in [3.63, 3.8) is 0 Å². The molecular weight excluding hydrogens is 456 g/mol. The molecular formula is C22H21ClN2O8. The first-order valence-electron chi connectivity index (χ1n) is 10.2. The summed E-state index contributed by atoms with van der Waals surface area (Å²) in [5.41, 5.74) is 0.272. The number of esters is 2. The number of hydrogen-bond acceptors (Lipinski definition) is 8. The van der Waals surface area contributed by atoms with Gasteiger partial charge in [-0.05, 0) is 31.2 Å². The zero-order valence-electron chi connectivity index (χ0n) is 17.6. The molecule has 0 unspecified atom stereocenters. The van der Waals surface area contributed by atoms with Crippen molar-refractivity contribution in [1.82, 2.24) is 10.6 Å². The Hall–Kier alpha value is -3.66. The minimum atomic E-state index is -0.908. The Balaban J connectivity index is 1.59. The third-order valence-electron chi connectivity index (χ3n) is 4.86. The summed E-state index contributed by atoms with van der Waals surface area (Å²) < 4.78 is 27.0. The topological polar surface area (TPSA) is 125 Å². The molecule has 0 spiro atoms. The fourth-order valence-corrected chi connectivity index (χ4v) is 3.69. The lowest BCUT2D eigenvalue weighted by Gasteiger charge is -2.27. The first kappa shape index (κ1) is 22.5. The van der Waals surface area contributed by atoms with E-state index in [0.29, 0.717) is 36.9 Å². The molecule has 1 aromatic heterocycles. The summed E-state index contributed by atoms with van der Waals surface area (Å²) >= 11 is 6.25. The molecule has 0 bridgehead atoms. The van der Waals surface area contributed by atoms with Crippen LogP contribution in [0.25, 0.3) is 0 Å². The normalized spacial score (nSPS) is 17.5. The van der Waals surface area contributed by atoms with E-state index in [4.69, 9.17) is 35.0 Å². The van der Waals surface area contributed by atoms with Gasteiger partial charge in [0.15, 0.2) is 11.5 Å². The molecule has 2 N–H and O–H groups in total. The number of rotatable bonds is 6. The summed E-state index contributed by atoms with van der Waals surface area (Å²) in [6.45, 7) is 2.24. The third-order valence-corrected chi connectivity index (χ3v) is 5.14. The quantitative estimate of drug-likeness (QED) is 0.609. The Bertz CT molecular complexity index is 1100. The van der Waals surface area contributed by atoms with Crippen molar-refractivity contribution < 1.29 is 37.7 Å². The van der Waals surface area contributed by atoms with Gasteiger partial charge in [0.1, 0.15) is 18.4 Å². The summed E-state index contributed by atoms with van der Waals surface area (Å²) in [4.78, 5) is 37.6. The largest absolute Gasteiger partial charge is 0.489 e. The van der Waals surface area contributed by atoms with Gasteiger partial charge in [0.05, 0.1) is 47.9 Å². The van der Waals surface area contributed by atoms with Gasteiger partial charge in [0.25, 0.3) is 0 Å². The summed E-state index contributed by atoms with van der Waals surface area (Å²) in [6.07, 6.45) is 2.10. The average molecular weight is 477 g/mol. The number of carbonyl (C=O) groups is 3. The SMILES string of the molecule is CCOC(=O)C1=C(COC(=O)c2cc(Cl)c3c(c2)OCCCO3)NC(=O)N[C@@H]1c1ccco1. The lowest BCUT2D eigenvalue weighted by atomic mass is 10.0. The van der Waals surface area contributed by atoms with Crippen molar-refractivity contribution in [2.24, 2.45) is 0 Å². The van der Waals surface area contributed by atoms with E-state index in [-0.39, 0.29) is 28.5 Å². The molecule has 2 aliphatic heterocycles. The minimum Gasteiger partial charge on any atom is -0.489 e. The van der Waals surface area contributed by atoms with Crippen LogP contribution in [-0.4, -0.2) is 44.4 Å². The predicted molar refractivity (Wildman–Crippen MR) is 114 cm³/mol. The number of carbonyl (C=O) groups excluding carboxylic acids is 3. The minimum absolute atomic E-state index is 0.0656. The second kappa shape index (κ2) is 9.86. The standard InChI is InChI=1S/C22H21ClN2O8/c1-2-29-21(27)17-14(24-22(28)25-18(17)15-5-3-6-30-15)11-33-20(26)12-9-13(23)19-16(10-12)31-7-4-8-32-19/h3,5-6,9-10,18H,2,4,7-8,11H2,1H3,(H2,24,25,28)/t18-/m1/s1. The van der Waals surface area contributed by atoms with Gasteiger partial charge in [-0.3, -0.25) is 0 Å². The van der Waals surface area contributed by atoms with Crippen molar-refractivity contribution in [1.29, 1.82) is 0 Å². The average Bonchev–Trinajstić information content (AvgIpc) is 3.22. The van der Waals surface area contributed by atoms with Gasteiger partial charge in [0.2, 0.25) is 0 Å². The van der Waals surface area contributed by atoms with Crippen LogP contribution in [0.2, 0.25) is 5.02 Å². The van der Waals surface area contributed by atoms with Gasteiger partial charge in [-0.1, -0.05) is 11.6 Å². The maximum absolute atomic E-state index is 12.7. The van der Waals surface area contributed by atoms with Gasteiger partial charge in [-0.2, -0.15) is 0 Å². The van der Waals surface area contributed by atoms with Crippen LogP contribution < -0.4 is 20.1 Å². The van der Waals surface area contributed by atoms with Gasteiger partial charge in [0, 0.05) is 6.42 Å². The van der Waals surface area contributed by atoms with Crippen LogP contribution in [0.15, 0.2) is 46.2 Å². The maximum Gasteiger partial charge on any atom is 0.338 e. The van der Waals surface area contributed by atoms with Gasteiger partial charge in [-0.15, -0.1) is 0 Å². The first-order valence-corrected chi connectivity index (χ1v) is 10.6. The highest BCUT2D eigenvalue weighted by Gasteiger charge is 2.36. The Morgan fingerprint density at radius 2 is 2.00 bits per heavy atom. The van der Waals surface area contributed by atoms with Crippen molar-refractivity contribution in [3.05, 3.63) is 58.1 Å². The smallest absolute Gasteiger partial charge is 0.338 e. The highest BCUT2D eigenvalue weighted by atomic mass is 35.5. The third kappa shape index (κ3) is 4.90. The number of ether oxygens (including phenoxy) is 4. The first-order chi connectivity index (χ1) is 16.0. The molecule has 2 aliphatic rings. The number of urea groups is 1. The molecule has 0 fully saturated rings. The molecule has 0 radical (unpaired) electrons. The fraction of sp³-hybridized carbons (Fsp3) is 0.318. The van der Waals surface area contributed by atoms with E-state index in [9.17, 15) is 14.4 Å². The second-order valence-corrected chi connectivity index (χ2v) is 7.48. The van der Waals surface area contributed by atoms with Gasteiger partial charge >= 0.3 is 18.0 Å². The molecule has 1 atom stereocenters. The van der Waals surface area contributed by atoms with Crippen LogP contribution in [0.5, 0.6) is 11.5 Å². The van der Waals surface area contributed by atoms with Crippen LogP contribution in [0, 0.1) is 0 Å². The molecule has 2 amide bonds. The predicted octanol–water partition coefficient (Wildman–Crippen LogP) is 3.12. The summed E-state index contributed by atoms with van der Waals surface area (Å²) in [5, 5.41) is 5.34. The fourth-order valence-electron chi connectivity index (χ4n) is 3.42. The van der Waals surface area contributed by atoms with E-state index in [1.54, 1.807) is 19.1 Å². The molecule has 0 saturated heterocycles. The molecule has 33 heavy (non-hydrogen) atoms. The van der Waals surface area contributed by atoms with Crippen molar-refractivity contribution in [2.75, 3.05) is 26.4 Å². The molecule has 1 aromatic carbocycles. The van der Waals surface area contributed by atoms with E-state index in [1.807, 2.05) is 0 Å².